The monoisotopic (exact) mass is 280 g/mol. The molecule has 6 nitrogen and oxygen atoms in total. The van der Waals surface area contributed by atoms with E-state index in [9.17, 15) is 18.8 Å². The summed E-state index contributed by atoms with van der Waals surface area (Å²) in [6, 6.07) is 5.01. The van der Waals surface area contributed by atoms with Gasteiger partial charge in [0.05, 0.1) is 12.2 Å². The van der Waals surface area contributed by atoms with Crippen LogP contribution in [0.15, 0.2) is 24.3 Å². The van der Waals surface area contributed by atoms with E-state index in [4.69, 9.17) is 5.11 Å². The first-order valence-electron chi connectivity index (χ1n) is 5.99. The van der Waals surface area contributed by atoms with Crippen LogP contribution in [0.25, 0.3) is 0 Å². The lowest BCUT2D eigenvalue weighted by Gasteiger charge is -2.38. The fourth-order valence-corrected chi connectivity index (χ4v) is 2.13. The number of aliphatic carboxylic acids is 1. The van der Waals surface area contributed by atoms with Gasteiger partial charge in [-0.15, -0.1) is 0 Å². The number of anilines is 1. The standard InChI is InChI=1S/C13H13FN2O4/c1-8-13(20)16(7-12(18)19)11(17)6-15(8)10-5-3-2-4-9(10)14/h2-5,8H,6-7H2,1H3,(H,18,19). The van der Waals surface area contributed by atoms with E-state index in [1.165, 1.54) is 30.0 Å². The van der Waals surface area contributed by atoms with E-state index in [2.05, 4.69) is 0 Å². The fraction of sp³-hybridized carbons (Fsp3) is 0.308. The molecule has 0 aromatic heterocycles. The quantitative estimate of drug-likeness (QED) is 0.815. The number of piperazine rings is 1. The molecular weight excluding hydrogens is 267 g/mol. The average molecular weight is 280 g/mol. The summed E-state index contributed by atoms with van der Waals surface area (Å²) in [4.78, 5) is 36.6. The van der Waals surface area contributed by atoms with Gasteiger partial charge in [0.25, 0.3) is 5.91 Å². The van der Waals surface area contributed by atoms with Gasteiger partial charge in [0, 0.05) is 0 Å². The number of carboxylic acid groups (broad SMARTS) is 1. The number of benzene rings is 1. The van der Waals surface area contributed by atoms with Crippen LogP contribution < -0.4 is 4.90 Å². The summed E-state index contributed by atoms with van der Waals surface area (Å²) in [5, 5.41) is 8.69. The summed E-state index contributed by atoms with van der Waals surface area (Å²) in [6.45, 7) is 0.601. The number of carboxylic acids is 1. The number of amides is 2. The number of imide groups is 1. The molecule has 1 saturated heterocycles. The summed E-state index contributed by atoms with van der Waals surface area (Å²) in [6.07, 6.45) is 0. The van der Waals surface area contributed by atoms with Crippen LogP contribution >= 0.6 is 0 Å². The van der Waals surface area contributed by atoms with Gasteiger partial charge in [-0.25, -0.2) is 4.39 Å². The number of carbonyl (C=O) groups excluding carboxylic acids is 2. The Hall–Kier alpha value is -2.44. The van der Waals surface area contributed by atoms with E-state index in [1.54, 1.807) is 6.07 Å². The molecule has 0 aliphatic carbocycles. The topological polar surface area (TPSA) is 77.9 Å². The van der Waals surface area contributed by atoms with Crippen LogP contribution in [0.3, 0.4) is 0 Å². The molecule has 0 saturated carbocycles. The first kappa shape index (κ1) is 14.0. The van der Waals surface area contributed by atoms with E-state index < -0.39 is 36.2 Å². The lowest BCUT2D eigenvalue weighted by Crippen LogP contribution is -2.60. The maximum absolute atomic E-state index is 13.7. The molecule has 0 radical (unpaired) electrons. The minimum Gasteiger partial charge on any atom is -0.480 e. The van der Waals surface area contributed by atoms with Crippen molar-refractivity contribution in [3.05, 3.63) is 30.1 Å². The molecule has 1 heterocycles. The fourth-order valence-electron chi connectivity index (χ4n) is 2.13. The number of hydrogen-bond acceptors (Lipinski definition) is 4. The van der Waals surface area contributed by atoms with Crippen LogP contribution in [0.4, 0.5) is 10.1 Å². The number of carbonyl (C=O) groups is 3. The van der Waals surface area contributed by atoms with Gasteiger partial charge in [-0.05, 0) is 19.1 Å². The lowest BCUT2D eigenvalue weighted by molar-refractivity contribution is -0.154. The molecule has 1 aromatic rings. The van der Waals surface area contributed by atoms with Gasteiger partial charge >= 0.3 is 5.97 Å². The Morgan fingerprint density at radius 3 is 2.65 bits per heavy atom. The molecule has 1 N–H and O–H groups in total. The summed E-state index contributed by atoms with van der Waals surface area (Å²) in [7, 11) is 0. The van der Waals surface area contributed by atoms with E-state index in [0.29, 0.717) is 4.90 Å². The van der Waals surface area contributed by atoms with Gasteiger partial charge in [-0.2, -0.15) is 0 Å². The predicted molar refractivity (Wildman–Crippen MR) is 67.6 cm³/mol. The molecule has 0 bridgehead atoms. The maximum atomic E-state index is 13.7. The second-order valence-corrected chi connectivity index (χ2v) is 4.47. The van der Waals surface area contributed by atoms with Gasteiger partial charge in [-0.1, -0.05) is 12.1 Å². The third kappa shape index (κ3) is 2.47. The van der Waals surface area contributed by atoms with Gasteiger partial charge in [0.2, 0.25) is 5.91 Å². The largest absolute Gasteiger partial charge is 0.480 e. The lowest BCUT2D eigenvalue weighted by atomic mass is 10.1. The van der Waals surface area contributed by atoms with Crippen molar-refractivity contribution in [1.82, 2.24) is 4.90 Å². The minimum atomic E-state index is -1.27. The molecule has 106 valence electrons. The van der Waals surface area contributed by atoms with Gasteiger partial charge in [0.15, 0.2) is 0 Å². The van der Waals surface area contributed by atoms with Crippen LogP contribution in [-0.2, 0) is 14.4 Å². The summed E-state index contributed by atoms with van der Waals surface area (Å²) in [5.41, 5.74) is 0.150. The summed E-state index contributed by atoms with van der Waals surface area (Å²) in [5.74, 6) is -3.10. The Morgan fingerprint density at radius 1 is 1.40 bits per heavy atom. The molecule has 1 aromatic carbocycles. The Morgan fingerprint density at radius 2 is 2.05 bits per heavy atom. The highest BCUT2D eigenvalue weighted by Gasteiger charge is 2.38. The molecule has 1 aliphatic rings. The number of para-hydroxylation sites is 1. The van der Waals surface area contributed by atoms with E-state index >= 15 is 0 Å². The van der Waals surface area contributed by atoms with E-state index in [0.717, 1.165) is 0 Å². The van der Waals surface area contributed by atoms with Crippen LogP contribution in [0.2, 0.25) is 0 Å². The molecule has 7 heteroatoms. The van der Waals surface area contributed by atoms with Gasteiger partial charge < -0.3 is 10.0 Å². The molecular formula is C13H13FN2O4. The molecule has 0 spiro atoms. The Bertz CT molecular complexity index is 575. The molecule has 1 fully saturated rings. The van der Waals surface area contributed by atoms with Crippen molar-refractivity contribution in [1.29, 1.82) is 0 Å². The third-order valence-corrected chi connectivity index (χ3v) is 3.15. The zero-order valence-corrected chi connectivity index (χ0v) is 10.7. The first-order valence-corrected chi connectivity index (χ1v) is 5.99. The molecule has 1 unspecified atom stereocenters. The highest BCUT2D eigenvalue weighted by atomic mass is 19.1. The van der Waals surface area contributed by atoms with Crippen molar-refractivity contribution in [2.75, 3.05) is 18.0 Å². The smallest absolute Gasteiger partial charge is 0.323 e. The maximum Gasteiger partial charge on any atom is 0.323 e. The number of nitrogens with zero attached hydrogens (tertiary/aromatic N) is 2. The van der Waals surface area contributed by atoms with E-state index in [1.807, 2.05) is 0 Å². The highest BCUT2D eigenvalue weighted by molar-refractivity contribution is 6.06. The second-order valence-electron chi connectivity index (χ2n) is 4.47. The van der Waals surface area contributed by atoms with Crippen LogP contribution in [0, 0.1) is 5.82 Å². The molecule has 2 amide bonds. The van der Waals surface area contributed by atoms with Crippen molar-refractivity contribution < 1.29 is 23.9 Å². The molecule has 20 heavy (non-hydrogen) atoms. The summed E-state index contributed by atoms with van der Waals surface area (Å²) < 4.78 is 13.7. The number of halogens is 1. The first-order chi connectivity index (χ1) is 9.41. The number of hydrogen-bond donors (Lipinski definition) is 1. The Kier molecular flexibility index (Phi) is 3.69. The second kappa shape index (κ2) is 5.28. The summed E-state index contributed by atoms with van der Waals surface area (Å²) >= 11 is 0. The van der Waals surface area contributed by atoms with Crippen molar-refractivity contribution >= 4 is 23.5 Å². The van der Waals surface area contributed by atoms with Gasteiger partial charge in [0.1, 0.15) is 18.4 Å². The van der Waals surface area contributed by atoms with Crippen molar-refractivity contribution in [2.24, 2.45) is 0 Å². The number of rotatable bonds is 3. The Balaban J connectivity index is 2.29. The van der Waals surface area contributed by atoms with Crippen LogP contribution in [-0.4, -0.2) is 46.9 Å². The normalized spacial score (nSPS) is 19.4. The highest BCUT2D eigenvalue weighted by Crippen LogP contribution is 2.24. The third-order valence-electron chi connectivity index (χ3n) is 3.15. The Labute approximate surface area is 114 Å². The molecule has 1 aliphatic heterocycles. The van der Waals surface area contributed by atoms with E-state index in [-0.39, 0.29) is 12.2 Å². The molecule has 2 rings (SSSR count). The van der Waals surface area contributed by atoms with Crippen molar-refractivity contribution in [3.8, 4) is 0 Å². The van der Waals surface area contributed by atoms with Crippen LogP contribution in [0.1, 0.15) is 6.92 Å². The molecule has 1 atom stereocenters. The zero-order chi connectivity index (χ0) is 14.9. The SMILES string of the molecule is CC1C(=O)N(CC(=O)O)C(=O)CN1c1ccccc1F. The minimum absolute atomic E-state index is 0.150. The van der Waals surface area contributed by atoms with Crippen molar-refractivity contribution in [3.63, 3.8) is 0 Å². The van der Waals surface area contributed by atoms with Crippen LogP contribution in [0.5, 0.6) is 0 Å². The zero-order valence-electron chi connectivity index (χ0n) is 10.7. The predicted octanol–water partition coefficient (Wildman–Crippen LogP) is 0.474. The van der Waals surface area contributed by atoms with Crippen molar-refractivity contribution in [2.45, 2.75) is 13.0 Å². The van der Waals surface area contributed by atoms with Gasteiger partial charge in [-0.3, -0.25) is 19.3 Å². The average Bonchev–Trinajstić information content (AvgIpc) is 2.39.